The predicted molar refractivity (Wildman–Crippen MR) is 83.0 cm³/mol. The molecule has 0 unspecified atom stereocenters. The molecule has 3 atom stereocenters. The second kappa shape index (κ2) is 4.94. The van der Waals surface area contributed by atoms with Crippen LogP contribution in [-0.2, 0) is 22.1 Å². The van der Waals surface area contributed by atoms with Crippen LogP contribution in [0, 0.1) is 11.3 Å². The van der Waals surface area contributed by atoms with Crippen molar-refractivity contribution in [3.63, 3.8) is 0 Å². The first-order valence-corrected chi connectivity index (χ1v) is 7.97. The first-order valence-electron chi connectivity index (χ1n) is 7.97. The zero-order valence-electron chi connectivity index (χ0n) is 14.2. The third-order valence-corrected chi connectivity index (χ3v) is 5.34. The fraction of sp³-hybridized carbons (Fsp3) is 0.412. The van der Waals surface area contributed by atoms with Crippen LogP contribution in [0.15, 0.2) is 12.3 Å². The van der Waals surface area contributed by atoms with Gasteiger partial charge in [0.25, 0.3) is 0 Å². The van der Waals surface area contributed by atoms with Crippen LogP contribution in [-0.4, -0.2) is 31.0 Å². The van der Waals surface area contributed by atoms with E-state index in [0.717, 1.165) is 10.8 Å². The lowest BCUT2D eigenvalue weighted by molar-refractivity contribution is -0.138. The molecular formula is C17H14F3N3O4. The van der Waals surface area contributed by atoms with E-state index in [1.54, 1.807) is 6.92 Å². The lowest BCUT2D eigenvalue weighted by atomic mass is 9.78. The molecule has 3 N–H and O–H groups in total. The molecule has 0 aliphatic carbocycles. The van der Waals surface area contributed by atoms with Crippen molar-refractivity contribution >= 4 is 0 Å². The van der Waals surface area contributed by atoms with Crippen LogP contribution in [0.2, 0.25) is 0 Å². The first kappa shape index (κ1) is 17.6. The zero-order chi connectivity index (χ0) is 19.9. The fourth-order valence-corrected chi connectivity index (χ4v) is 4.16. The van der Waals surface area contributed by atoms with Gasteiger partial charge in [-0.3, -0.25) is 0 Å². The maximum absolute atomic E-state index is 13.2. The van der Waals surface area contributed by atoms with Crippen LogP contribution in [0.5, 0.6) is 11.8 Å². The largest absolute Gasteiger partial charge is 0.494 e. The van der Waals surface area contributed by atoms with Crippen LogP contribution < -0.4 is 0 Å². The number of rotatable bonds is 1. The van der Waals surface area contributed by atoms with E-state index in [2.05, 4.69) is 4.98 Å². The first-order chi connectivity index (χ1) is 12.4. The van der Waals surface area contributed by atoms with Gasteiger partial charge in [-0.05, 0) is 19.9 Å². The number of nitriles is 1. The Hall–Kier alpha value is -2.77. The molecular weight excluding hydrogens is 367 g/mol. The third-order valence-electron chi connectivity index (χ3n) is 5.34. The van der Waals surface area contributed by atoms with E-state index < -0.39 is 46.5 Å². The molecule has 4 rings (SSSR count). The van der Waals surface area contributed by atoms with Crippen molar-refractivity contribution in [2.24, 2.45) is 0 Å². The average Bonchev–Trinajstić information content (AvgIpc) is 3.07. The summed E-state index contributed by atoms with van der Waals surface area (Å²) in [5.41, 5.74) is -4.43. The number of pyridine rings is 1. The Labute approximate surface area is 150 Å². The molecule has 142 valence electrons. The summed E-state index contributed by atoms with van der Waals surface area (Å²) >= 11 is 0. The Morgan fingerprint density at radius 3 is 2.52 bits per heavy atom. The summed E-state index contributed by atoms with van der Waals surface area (Å²) < 4.78 is 46.3. The molecule has 10 heteroatoms. The van der Waals surface area contributed by atoms with Crippen LogP contribution in [0.4, 0.5) is 13.2 Å². The van der Waals surface area contributed by atoms with Gasteiger partial charge < -0.3 is 20.1 Å². The van der Waals surface area contributed by atoms with Gasteiger partial charge in [-0.25, -0.2) is 9.55 Å². The number of aliphatic hydroxyl groups excluding tert-OH is 1. The molecule has 0 saturated carbocycles. The van der Waals surface area contributed by atoms with E-state index in [-0.39, 0.29) is 23.2 Å². The van der Waals surface area contributed by atoms with Crippen LogP contribution in [0.25, 0.3) is 5.69 Å². The number of halogens is 3. The molecule has 1 fully saturated rings. The smallest absolute Gasteiger partial charge is 0.419 e. The number of aromatic hydroxyl groups is 2. The number of nitrogens with zero attached hydrogens (tertiary/aromatic N) is 3. The maximum Gasteiger partial charge on any atom is 0.419 e. The summed E-state index contributed by atoms with van der Waals surface area (Å²) in [6, 6.07) is 2.00. The number of alkyl halides is 3. The molecule has 27 heavy (non-hydrogen) atoms. The molecule has 4 heterocycles. The highest BCUT2D eigenvalue weighted by Crippen LogP contribution is 2.64. The number of ether oxygens (including phenoxy) is 1. The van der Waals surface area contributed by atoms with Crippen molar-refractivity contribution < 1.29 is 33.2 Å². The van der Waals surface area contributed by atoms with Crippen molar-refractivity contribution in [2.45, 2.75) is 43.8 Å². The van der Waals surface area contributed by atoms with Gasteiger partial charge in [-0.1, -0.05) is 0 Å². The summed E-state index contributed by atoms with van der Waals surface area (Å²) in [7, 11) is 0. The van der Waals surface area contributed by atoms with E-state index in [1.807, 2.05) is 0 Å². The van der Waals surface area contributed by atoms with E-state index >= 15 is 0 Å². The molecule has 2 aliphatic rings. The molecule has 0 spiro atoms. The minimum Gasteiger partial charge on any atom is -0.494 e. The number of aliphatic hydroxyl groups is 1. The van der Waals surface area contributed by atoms with Crippen molar-refractivity contribution in [3.8, 4) is 23.5 Å². The fourth-order valence-electron chi connectivity index (χ4n) is 4.16. The number of hydrogen-bond donors (Lipinski definition) is 3. The Morgan fingerprint density at radius 2 is 1.93 bits per heavy atom. The normalized spacial score (nSPS) is 29.0. The standard InChI is InChI=1S/C17H14F3N3O4/c1-15-4-10(24)16(2,27-15)12-11(15)13(25)23(14(12)26)7-3-8(17(18,19)20)9(5-21)22-6-7/h3,6,10,24-26H,4H2,1-2H3/t10-,15+,16-/m0/s1. The molecule has 2 aromatic heterocycles. The summed E-state index contributed by atoms with van der Waals surface area (Å²) in [6.45, 7) is 3.16. The van der Waals surface area contributed by atoms with E-state index in [1.165, 1.54) is 13.0 Å². The van der Waals surface area contributed by atoms with Gasteiger partial charge in [0.05, 0.1) is 40.3 Å². The second-order valence-electron chi connectivity index (χ2n) is 7.09. The Morgan fingerprint density at radius 1 is 1.30 bits per heavy atom. The van der Waals surface area contributed by atoms with Gasteiger partial charge in [-0.15, -0.1) is 0 Å². The predicted octanol–water partition coefficient (Wildman–Crippen LogP) is 2.40. The molecule has 0 aromatic carbocycles. The summed E-state index contributed by atoms with van der Waals surface area (Å²) in [5, 5.41) is 40.5. The molecule has 0 amide bonds. The highest BCUT2D eigenvalue weighted by atomic mass is 19.4. The van der Waals surface area contributed by atoms with Crippen LogP contribution in [0.3, 0.4) is 0 Å². The van der Waals surface area contributed by atoms with E-state index in [0.29, 0.717) is 6.07 Å². The quantitative estimate of drug-likeness (QED) is 0.700. The van der Waals surface area contributed by atoms with E-state index in [9.17, 15) is 28.5 Å². The lowest BCUT2D eigenvalue weighted by Crippen LogP contribution is -2.32. The van der Waals surface area contributed by atoms with Gasteiger partial charge in [-0.2, -0.15) is 18.4 Å². The topological polar surface area (TPSA) is 112 Å². The van der Waals surface area contributed by atoms with Crippen molar-refractivity contribution in [3.05, 3.63) is 34.6 Å². The zero-order valence-corrected chi connectivity index (χ0v) is 14.2. The Kier molecular flexibility index (Phi) is 3.22. The summed E-state index contributed by atoms with van der Waals surface area (Å²) in [4.78, 5) is 3.50. The SMILES string of the molecule is C[C@]12C[C@H](O)[C@](C)(O1)c1c2c(O)n(-c2cnc(C#N)c(C(F)(F)F)c2)c1O. The number of aromatic nitrogens is 2. The molecule has 2 aliphatic heterocycles. The minimum absolute atomic E-state index is 0.124. The lowest BCUT2D eigenvalue weighted by Gasteiger charge is -2.25. The molecule has 0 radical (unpaired) electrons. The van der Waals surface area contributed by atoms with Gasteiger partial charge in [0, 0.05) is 6.42 Å². The van der Waals surface area contributed by atoms with Gasteiger partial charge in [0.15, 0.2) is 5.69 Å². The number of fused-ring (bicyclic) bond motifs is 5. The van der Waals surface area contributed by atoms with Crippen molar-refractivity contribution in [1.82, 2.24) is 9.55 Å². The van der Waals surface area contributed by atoms with Crippen molar-refractivity contribution in [2.75, 3.05) is 0 Å². The average molecular weight is 381 g/mol. The van der Waals surface area contributed by atoms with Gasteiger partial charge >= 0.3 is 6.18 Å². The van der Waals surface area contributed by atoms with E-state index in [4.69, 9.17) is 10.00 Å². The molecule has 2 bridgehead atoms. The van der Waals surface area contributed by atoms with Crippen LogP contribution in [0.1, 0.15) is 42.7 Å². The highest BCUT2D eigenvalue weighted by molar-refractivity contribution is 5.61. The summed E-state index contributed by atoms with van der Waals surface area (Å²) in [5.74, 6) is -1.05. The molecule has 2 aromatic rings. The maximum atomic E-state index is 13.2. The highest BCUT2D eigenvalue weighted by Gasteiger charge is 2.64. The van der Waals surface area contributed by atoms with Crippen molar-refractivity contribution in [1.29, 1.82) is 5.26 Å². The van der Waals surface area contributed by atoms with Gasteiger partial charge in [0.2, 0.25) is 11.8 Å². The molecule has 1 saturated heterocycles. The Bertz CT molecular complexity index is 1030. The Balaban J connectivity index is 1.98. The number of hydrogen-bond acceptors (Lipinski definition) is 6. The summed E-state index contributed by atoms with van der Waals surface area (Å²) in [6.07, 6.45) is -4.69. The third kappa shape index (κ3) is 2.06. The van der Waals surface area contributed by atoms with Gasteiger partial charge in [0.1, 0.15) is 11.7 Å². The van der Waals surface area contributed by atoms with Crippen LogP contribution >= 0.6 is 0 Å². The second-order valence-corrected chi connectivity index (χ2v) is 7.09. The monoisotopic (exact) mass is 381 g/mol. The minimum atomic E-state index is -4.84. The molecule has 7 nitrogen and oxygen atoms in total.